The van der Waals surface area contributed by atoms with E-state index in [4.69, 9.17) is 15.4 Å². The number of nitrogens with zero attached hydrogens (tertiary/aromatic N) is 7. The molecule has 2 aromatic rings. The van der Waals surface area contributed by atoms with E-state index >= 15 is 0 Å². The Hall–Kier alpha value is -3.63. The number of carbonyl (C=O) groups is 1. The van der Waals surface area contributed by atoms with Crippen molar-refractivity contribution >= 4 is 11.9 Å². The summed E-state index contributed by atoms with van der Waals surface area (Å²) in [4.78, 5) is 32.7. The number of amides is 1. The minimum absolute atomic E-state index is 0.0963. The minimum atomic E-state index is -0.750. The highest BCUT2D eigenvalue weighted by atomic mass is 19.1. The summed E-state index contributed by atoms with van der Waals surface area (Å²) < 4.78 is 13.4. The highest BCUT2D eigenvalue weighted by Gasteiger charge is 2.37. The van der Waals surface area contributed by atoms with Gasteiger partial charge in [-0.2, -0.15) is 15.5 Å². The fourth-order valence-electron chi connectivity index (χ4n) is 3.72. The van der Waals surface area contributed by atoms with Crippen LogP contribution in [0.25, 0.3) is 0 Å². The first-order valence-corrected chi connectivity index (χ1v) is 9.60. The maximum atomic E-state index is 13.4. The van der Waals surface area contributed by atoms with Crippen molar-refractivity contribution in [1.29, 1.82) is 10.5 Å². The predicted octanol–water partition coefficient (Wildman–Crippen LogP) is 1.88. The van der Waals surface area contributed by atoms with Gasteiger partial charge in [0.25, 0.3) is 0 Å². The molecule has 0 N–H and O–H groups in total. The van der Waals surface area contributed by atoms with Crippen LogP contribution in [0.1, 0.15) is 42.3 Å². The van der Waals surface area contributed by atoms with Gasteiger partial charge in [-0.05, 0) is 25.0 Å². The van der Waals surface area contributed by atoms with Crippen LogP contribution >= 0.6 is 0 Å². The number of aromatic nitrogens is 3. The van der Waals surface area contributed by atoms with Gasteiger partial charge < -0.3 is 4.90 Å². The summed E-state index contributed by atoms with van der Waals surface area (Å²) in [5.74, 6) is -0.784. The molecule has 152 valence electrons. The van der Waals surface area contributed by atoms with Crippen molar-refractivity contribution in [3.05, 3.63) is 47.3 Å². The SMILES string of the molecule is N#Cc1ccc([C@@H]2CCON2C(=O)C2CCN(c3ncc(F)c(C#N)n3)CC2)nc1. The summed E-state index contributed by atoms with van der Waals surface area (Å²) in [6.07, 6.45) is 4.26. The summed E-state index contributed by atoms with van der Waals surface area (Å²) in [5, 5.41) is 19.3. The third-order valence-electron chi connectivity index (χ3n) is 5.34. The Morgan fingerprint density at radius 1 is 1.13 bits per heavy atom. The van der Waals surface area contributed by atoms with Gasteiger partial charge >= 0.3 is 0 Å². The summed E-state index contributed by atoms with van der Waals surface area (Å²) in [5.41, 5.74) is 0.868. The van der Waals surface area contributed by atoms with Gasteiger partial charge in [-0.3, -0.25) is 14.6 Å². The molecule has 0 aromatic carbocycles. The normalized spacial score (nSPS) is 19.4. The van der Waals surface area contributed by atoms with Crippen molar-refractivity contribution in [3.63, 3.8) is 0 Å². The van der Waals surface area contributed by atoms with Crippen LogP contribution in [0, 0.1) is 34.4 Å². The third kappa shape index (κ3) is 3.78. The zero-order valence-electron chi connectivity index (χ0n) is 16.0. The Morgan fingerprint density at radius 3 is 2.60 bits per heavy atom. The van der Waals surface area contributed by atoms with Crippen LogP contribution in [-0.4, -0.2) is 45.6 Å². The van der Waals surface area contributed by atoms with Gasteiger partial charge in [0.15, 0.2) is 11.5 Å². The van der Waals surface area contributed by atoms with Crippen molar-refractivity contribution in [1.82, 2.24) is 20.0 Å². The van der Waals surface area contributed by atoms with Crippen molar-refractivity contribution in [3.8, 4) is 12.1 Å². The third-order valence-corrected chi connectivity index (χ3v) is 5.34. The molecule has 4 heterocycles. The number of nitriles is 2. The second-order valence-corrected chi connectivity index (χ2v) is 7.12. The molecule has 2 aromatic heterocycles. The summed E-state index contributed by atoms with van der Waals surface area (Å²) in [6, 6.07) is 6.90. The highest BCUT2D eigenvalue weighted by Crippen LogP contribution is 2.33. The standard InChI is InChI=1S/C20H18FN7O2/c21-15-12-25-20(26-17(15)10-23)27-6-3-14(4-7-27)19(29)28-18(5-8-30-28)16-2-1-13(9-22)11-24-16/h1-2,11-12,14,18H,3-8H2/t18-/m0/s1. The van der Waals surface area contributed by atoms with Crippen molar-refractivity contribution in [2.45, 2.75) is 25.3 Å². The second-order valence-electron chi connectivity index (χ2n) is 7.12. The molecule has 0 spiro atoms. The van der Waals surface area contributed by atoms with E-state index in [2.05, 4.69) is 15.0 Å². The number of pyridine rings is 1. The molecular formula is C20H18FN7O2. The summed E-state index contributed by atoms with van der Waals surface area (Å²) in [6.45, 7) is 1.46. The number of anilines is 1. The van der Waals surface area contributed by atoms with Gasteiger partial charge in [0, 0.05) is 31.6 Å². The van der Waals surface area contributed by atoms with E-state index in [1.54, 1.807) is 18.2 Å². The fourth-order valence-corrected chi connectivity index (χ4v) is 3.72. The zero-order valence-corrected chi connectivity index (χ0v) is 16.0. The van der Waals surface area contributed by atoms with Crippen LogP contribution in [0.5, 0.6) is 0 Å². The van der Waals surface area contributed by atoms with Crippen LogP contribution < -0.4 is 4.90 Å². The molecule has 2 saturated heterocycles. The van der Waals surface area contributed by atoms with E-state index in [1.807, 2.05) is 11.0 Å². The Bertz CT molecular complexity index is 1020. The van der Waals surface area contributed by atoms with Gasteiger partial charge in [-0.15, -0.1) is 0 Å². The smallest absolute Gasteiger partial charge is 0.250 e. The Kier molecular flexibility index (Phi) is 5.50. The first kappa shape index (κ1) is 19.7. The van der Waals surface area contributed by atoms with Crippen molar-refractivity contribution < 1.29 is 14.0 Å². The number of hydrogen-bond donors (Lipinski definition) is 0. The molecule has 0 radical (unpaired) electrons. The van der Waals surface area contributed by atoms with Crippen LogP contribution in [0.3, 0.4) is 0 Å². The van der Waals surface area contributed by atoms with Gasteiger partial charge in [0.1, 0.15) is 18.2 Å². The van der Waals surface area contributed by atoms with Gasteiger partial charge in [0.2, 0.25) is 11.9 Å². The highest BCUT2D eigenvalue weighted by molar-refractivity contribution is 5.78. The van der Waals surface area contributed by atoms with E-state index in [9.17, 15) is 9.18 Å². The first-order valence-electron chi connectivity index (χ1n) is 9.60. The maximum Gasteiger partial charge on any atom is 0.250 e. The number of carbonyl (C=O) groups excluding carboxylic acids is 1. The summed E-state index contributed by atoms with van der Waals surface area (Å²) >= 11 is 0. The van der Waals surface area contributed by atoms with Crippen LogP contribution in [0.15, 0.2) is 24.5 Å². The van der Waals surface area contributed by atoms with Crippen molar-refractivity contribution in [2.24, 2.45) is 5.92 Å². The maximum absolute atomic E-state index is 13.4. The molecule has 10 heteroatoms. The number of hydrogen-bond acceptors (Lipinski definition) is 8. The molecule has 1 atom stereocenters. The lowest BCUT2D eigenvalue weighted by molar-refractivity contribution is -0.182. The van der Waals surface area contributed by atoms with E-state index in [1.165, 1.54) is 11.3 Å². The quantitative estimate of drug-likeness (QED) is 0.756. The molecule has 2 fully saturated rings. The molecule has 2 aliphatic rings. The first-order chi connectivity index (χ1) is 14.6. The monoisotopic (exact) mass is 407 g/mol. The molecule has 9 nitrogen and oxygen atoms in total. The molecule has 0 bridgehead atoms. The molecular weight excluding hydrogens is 389 g/mol. The van der Waals surface area contributed by atoms with Crippen LogP contribution in [0.2, 0.25) is 0 Å². The van der Waals surface area contributed by atoms with Crippen LogP contribution in [-0.2, 0) is 9.63 Å². The largest absolute Gasteiger partial charge is 0.341 e. The predicted molar refractivity (Wildman–Crippen MR) is 101 cm³/mol. The lowest BCUT2D eigenvalue weighted by Gasteiger charge is -2.33. The van der Waals surface area contributed by atoms with E-state index < -0.39 is 5.82 Å². The lowest BCUT2D eigenvalue weighted by atomic mass is 9.95. The molecule has 0 unspecified atom stereocenters. The average Bonchev–Trinajstić information content (AvgIpc) is 3.29. The minimum Gasteiger partial charge on any atom is -0.341 e. The number of piperidine rings is 1. The number of halogens is 1. The molecule has 2 aliphatic heterocycles. The van der Waals surface area contributed by atoms with Gasteiger partial charge in [-0.25, -0.2) is 14.4 Å². The molecule has 1 amide bonds. The molecule has 4 rings (SSSR count). The molecule has 0 saturated carbocycles. The average molecular weight is 407 g/mol. The molecule has 0 aliphatic carbocycles. The Morgan fingerprint density at radius 2 is 1.93 bits per heavy atom. The number of rotatable bonds is 3. The lowest BCUT2D eigenvalue weighted by Crippen LogP contribution is -2.42. The van der Waals surface area contributed by atoms with Crippen molar-refractivity contribution in [2.75, 3.05) is 24.6 Å². The van der Waals surface area contributed by atoms with E-state index in [0.29, 0.717) is 50.2 Å². The van der Waals surface area contributed by atoms with Crippen LogP contribution in [0.4, 0.5) is 10.3 Å². The Balaban J connectivity index is 1.41. The fraction of sp³-hybridized carbons (Fsp3) is 0.400. The zero-order chi connectivity index (χ0) is 21.1. The Labute approximate surface area is 172 Å². The van der Waals surface area contributed by atoms with E-state index in [0.717, 1.165) is 6.20 Å². The van der Waals surface area contributed by atoms with Gasteiger partial charge in [0.05, 0.1) is 24.1 Å². The second kappa shape index (κ2) is 8.39. The van der Waals surface area contributed by atoms with Gasteiger partial charge in [-0.1, -0.05) is 0 Å². The molecule has 30 heavy (non-hydrogen) atoms. The topological polar surface area (TPSA) is 119 Å². The summed E-state index contributed by atoms with van der Waals surface area (Å²) in [7, 11) is 0. The number of hydroxylamine groups is 2. The van der Waals surface area contributed by atoms with E-state index in [-0.39, 0.29) is 29.5 Å².